The Hall–Kier alpha value is -6.37. The third-order valence-corrected chi connectivity index (χ3v) is 21.7. The summed E-state index contributed by atoms with van der Waals surface area (Å²) >= 11 is 0. The second-order valence-corrected chi connectivity index (χ2v) is 27.4. The Morgan fingerprint density at radius 2 is 1.05 bits per heavy atom. The summed E-state index contributed by atoms with van der Waals surface area (Å²) in [5, 5.41) is 4.94. The number of aromatic nitrogens is 6. The number of carbonyl (C=O) groups is 1. The van der Waals surface area contributed by atoms with Crippen LogP contribution in [-0.4, -0.2) is 158 Å². The fourth-order valence-corrected chi connectivity index (χ4v) is 16.4. The van der Waals surface area contributed by atoms with Gasteiger partial charge in [-0.25, -0.2) is 13.6 Å². The van der Waals surface area contributed by atoms with E-state index in [4.69, 9.17) is 44.1 Å². The number of hydrogen-bond acceptors (Lipinski definition) is 15. The van der Waals surface area contributed by atoms with Crippen LogP contribution in [0.5, 0.6) is 12.0 Å². The van der Waals surface area contributed by atoms with E-state index >= 15 is 8.78 Å². The molecule has 4 bridgehead atoms. The number of amides is 1. The fourth-order valence-electron chi connectivity index (χ4n) is 16.4. The molecular weight excluding hydrogens is 1070 g/mol. The number of unbranched alkanes of at least 4 members (excludes halogenated alkanes) is 1. The number of pyridine rings is 2. The molecule has 0 spiro atoms. The number of benzene rings is 2. The largest absolute Gasteiger partial charge is 0.461 e. The van der Waals surface area contributed by atoms with Crippen molar-refractivity contribution < 1.29 is 27.8 Å². The molecule has 18 heteroatoms. The number of carbonyl (C=O) groups excluding carboxylic acids is 1. The molecule has 1 amide bonds. The number of nitrogens with zero attached hydrogens (tertiary/aromatic N) is 11. The summed E-state index contributed by atoms with van der Waals surface area (Å²) in [7, 11) is 0. The van der Waals surface area contributed by atoms with Crippen LogP contribution in [0.25, 0.3) is 44.3 Å². The first-order valence-corrected chi connectivity index (χ1v) is 32.3. The first-order valence-electron chi connectivity index (χ1n) is 32.3. The average Bonchev–Trinajstić information content (AvgIpc) is 3.56. The molecule has 2 aromatic carbocycles. The topological polar surface area (TPSA) is 150 Å². The van der Waals surface area contributed by atoms with Crippen LogP contribution < -0.4 is 24.6 Å². The summed E-state index contributed by atoms with van der Waals surface area (Å²) in [4.78, 5) is 53.4. The SMILES string of the molecule is CC1(c2ccccc2-c2ncc3c(N4C[C@H]5CC[C@@H](C4)N5)nc(OCC45CCCN4CCC5)nc3c2F)CC1.CCCCOC(=O)N1C2CCC1CN(c1nc(OCC34CCCN3CCC4)nc3c(F)c(-c4ccccc4C4(C)CC4)ncc13)C2. The number of piperazine rings is 2. The summed E-state index contributed by atoms with van der Waals surface area (Å²) in [5.74, 6) is 0.562. The van der Waals surface area contributed by atoms with Gasteiger partial charge in [-0.2, -0.15) is 19.9 Å². The van der Waals surface area contributed by atoms with E-state index in [9.17, 15) is 4.79 Å². The van der Waals surface area contributed by atoms with Crippen molar-refractivity contribution in [3.8, 4) is 34.5 Å². The van der Waals surface area contributed by atoms with Gasteiger partial charge >= 0.3 is 18.1 Å². The normalized spacial score (nSPS) is 25.5. The monoisotopic (exact) mass is 1160 g/mol. The van der Waals surface area contributed by atoms with E-state index in [-0.39, 0.29) is 63.4 Å². The molecule has 10 fully saturated rings. The maximum atomic E-state index is 16.8. The Labute approximate surface area is 497 Å². The smallest absolute Gasteiger partial charge is 0.410 e. The van der Waals surface area contributed by atoms with Crippen molar-refractivity contribution in [3.05, 3.63) is 83.7 Å². The van der Waals surface area contributed by atoms with Crippen LogP contribution in [0.2, 0.25) is 0 Å². The van der Waals surface area contributed by atoms with Crippen molar-refractivity contribution in [2.75, 3.05) is 82.0 Å². The van der Waals surface area contributed by atoms with E-state index in [0.29, 0.717) is 78.5 Å². The molecule has 12 heterocycles. The number of fused-ring (bicyclic) bond motifs is 8. The number of halogens is 2. The predicted molar refractivity (Wildman–Crippen MR) is 324 cm³/mol. The second kappa shape index (κ2) is 21.8. The lowest BCUT2D eigenvalue weighted by Gasteiger charge is -2.41. The van der Waals surface area contributed by atoms with Gasteiger partial charge in [0.25, 0.3) is 0 Å². The molecule has 85 heavy (non-hydrogen) atoms. The van der Waals surface area contributed by atoms with Gasteiger partial charge in [0.2, 0.25) is 0 Å². The molecule has 2 unspecified atom stereocenters. The molecule has 4 aromatic heterocycles. The summed E-state index contributed by atoms with van der Waals surface area (Å²) < 4.78 is 51.8. The molecule has 2 saturated carbocycles. The van der Waals surface area contributed by atoms with E-state index in [1.54, 1.807) is 12.4 Å². The molecule has 8 aliphatic heterocycles. The Kier molecular flexibility index (Phi) is 14.2. The van der Waals surface area contributed by atoms with Crippen LogP contribution in [0.3, 0.4) is 0 Å². The molecule has 4 atom stereocenters. The van der Waals surface area contributed by atoms with Gasteiger partial charge in [0.15, 0.2) is 11.6 Å². The van der Waals surface area contributed by atoms with Crippen LogP contribution in [0, 0.1) is 11.6 Å². The highest BCUT2D eigenvalue weighted by atomic mass is 19.1. The lowest BCUT2D eigenvalue weighted by Crippen LogP contribution is -2.56. The summed E-state index contributed by atoms with van der Waals surface area (Å²) in [5.41, 5.74) is 5.48. The molecule has 16 rings (SSSR count). The van der Waals surface area contributed by atoms with Crippen LogP contribution in [0.4, 0.5) is 25.2 Å². The second-order valence-electron chi connectivity index (χ2n) is 27.4. The molecule has 2 aliphatic carbocycles. The third kappa shape index (κ3) is 10.0. The van der Waals surface area contributed by atoms with Crippen molar-refractivity contribution in [1.29, 1.82) is 0 Å². The fraction of sp³-hybridized carbons (Fsp3) is 0.597. The molecule has 10 aliphatic rings. The number of hydrogen-bond donors (Lipinski definition) is 1. The Morgan fingerprint density at radius 3 is 1.49 bits per heavy atom. The molecule has 6 aromatic rings. The Morgan fingerprint density at radius 1 is 0.600 bits per heavy atom. The minimum Gasteiger partial charge on any atom is -0.461 e. The van der Waals surface area contributed by atoms with Gasteiger partial charge in [-0.3, -0.25) is 24.7 Å². The molecule has 8 saturated heterocycles. The Bertz CT molecular complexity index is 3500. The number of ether oxygens (including phenoxy) is 3. The average molecular weight is 1160 g/mol. The Balaban J connectivity index is 0.000000146. The molecule has 448 valence electrons. The summed E-state index contributed by atoms with van der Waals surface area (Å²) in [6.07, 6.45) is 22.9. The van der Waals surface area contributed by atoms with Crippen LogP contribution in [0.1, 0.15) is 147 Å². The van der Waals surface area contributed by atoms with E-state index in [1.165, 1.54) is 31.2 Å². The molecular formula is C67H82F2N12O4. The summed E-state index contributed by atoms with van der Waals surface area (Å²) in [6.45, 7) is 15.4. The molecule has 1 N–H and O–H groups in total. The van der Waals surface area contributed by atoms with Crippen molar-refractivity contribution in [3.63, 3.8) is 0 Å². The van der Waals surface area contributed by atoms with Crippen LogP contribution in [0.15, 0.2) is 60.9 Å². The van der Waals surface area contributed by atoms with Crippen molar-refractivity contribution in [1.82, 2.24) is 49.9 Å². The number of rotatable bonds is 15. The first-order chi connectivity index (χ1) is 41.4. The molecule has 0 radical (unpaired) electrons. The lowest BCUT2D eigenvalue weighted by molar-refractivity contribution is 0.0776. The minimum absolute atomic E-state index is 0.00919. The van der Waals surface area contributed by atoms with E-state index in [2.05, 4.69) is 57.8 Å². The van der Waals surface area contributed by atoms with Gasteiger partial charge in [0, 0.05) is 61.8 Å². The van der Waals surface area contributed by atoms with Gasteiger partial charge in [0.1, 0.15) is 47.3 Å². The van der Waals surface area contributed by atoms with E-state index in [1.807, 2.05) is 41.3 Å². The standard InChI is InChI=1S/C36H45FN6O3.C31H37FN6O/c1-3-4-19-45-34(44)43-24-11-12-25(43)22-41(21-24)32-27-20-38-30(26-9-5-6-10-28(26)35(2)15-16-35)29(37)31(27)39-33(40-32)46-23-36-13-7-17-42(36)18-8-14-36;1-30(12-13-30)24-7-3-2-6-22(24)26-25(32)27-23(16-33-26)28(37-17-20-8-9-21(18-37)34-20)36-29(35-27)39-19-31-10-4-14-38(31)15-5-11-31/h5-6,9-10,20,24-25H,3-4,7-8,11-19,21-23H2,1-2H3;2-3,6-7,16,20-21,34H,4-5,8-15,17-19H2,1H3/t;20-,21+. The van der Waals surface area contributed by atoms with E-state index < -0.39 is 5.82 Å². The zero-order chi connectivity index (χ0) is 57.7. The first kappa shape index (κ1) is 55.2. The van der Waals surface area contributed by atoms with Crippen LogP contribution in [-0.2, 0) is 15.6 Å². The van der Waals surface area contributed by atoms with Gasteiger partial charge in [-0.1, -0.05) is 75.7 Å². The van der Waals surface area contributed by atoms with Crippen molar-refractivity contribution in [2.45, 2.75) is 182 Å². The number of nitrogens with one attached hydrogen (secondary N) is 1. The van der Waals surface area contributed by atoms with Crippen molar-refractivity contribution >= 4 is 39.5 Å². The maximum absolute atomic E-state index is 16.8. The zero-order valence-corrected chi connectivity index (χ0v) is 49.9. The van der Waals surface area contributed by atoms with Gasteiger partial charge < -0.3 is 29.3 Å². The zero-order valence-electron chi connectivity index (χ0n) is 49.9. The predicted octanol–water partition coefficient (Wildman–Crippen LogP) is 11.3. The van der Waals surface area contributed by atoms with E-state index in [0.717, 1.165) is 152 Å². The molecule has 16 nitrogen and oxygen atoms in total. The maximum Gasteiger partial charge on any atom is 0.410 e. The van der Waals surface area contributed by atoms with Crippen molar-refractivity contribution in [2.24, 2.45) is 0 Å². The quantitative estimate of drug-likeness (QED) is 0.0971. The van der Waals surface area contributed by atoms with Gasteiger partial charge in [-0.05, 0) is 157 Å². The third-order valence-electron chi connectivity index (χ3n) is 21.7. The highest BCUT2D eigenvalue weighted by molar-refractivity contribution is 5.94. The summed E-state index contributed by atoms with van der Waals surface area (Å²) in [6, 6.07) is 17.6. The van der Waals surface area contributed by atoms with Gasteiger partial charge in [0.05, 0.1) is 40.5 Å². The number of anilines is 2. The van der Waals surface area contributed by atoms with Gasteiger partial charge in [-0.15, -0.1) is 0 Å². The highest BCUT2D eigenvalue weighted by Gasteiger charge is 2.49. The lowest BCUT2D eigenvalue weighted by atomic mass is 9.91. The van der Waals surface area contributed by atoms with Crippen LogP contribution >= 0.6 is 0 Å². The highest BCUT2D eigenvalue weighted by Crippen LogP contribution is 2.53. The minimum atomic E-state index is -0.440.